The van der Waals surface area contributed by atoms with E-state index in [-0.39, 0.29) is 5.75 Å². The Hall–Kier alpha value is -2.14. The Labute approximate surface area is 124 Å². The van der Waals surface area contributed by atoms with Gasteiger partial charge in [-0.05, 0) is 45.8 Å². The van der Waals surface area contributed by atoms with Crippen molar-refractivity contribution in [3.8, 4) is 5.75 Å². The van der Waals surface area contributed by atoms with Crippen molar-refractivity contribution in [2.24, 2.45) is 0 Å². The predicted molar refractivity (Wildman–Crippen MR) is 82.7 cm³/mol. The van der Waals surface area contributed by atoms with Crippen LogP contribution in [-0.2, 0) is 6.54 Å². The highest BCUT2D eigenvalue weighted by Crippen LogP contribution is 2.22. The van der Waals surface area contributed by atoms with Gasteiger partial charge in [-0.25, -0.2) is 0 Å². The molecule has 0 radical (unpaired) electrons. The topological polar surface area (TPSA) is 58.0 Å². The van der Waals surface area contributed by atoms with Crippen molar-refractivity contribution in [1.82, 2.24) is 9.97 Å². The molecule has 0 unspecified atom stereocenters. The number of pyridine rings is 2. The quantitative estimate of drug-likeness (QED) is 0.769. The molecule has 0 bridgehead atoms. The lowest BCUT2D eigenvalue weighted by atomic mass is 10.2. The zero-order valence-electron chi connectivity index (χ0n) is 10.5. The summed E-state index contributed by atoms with van der Waals surface area (Å²) in [7, 11) is 0. The summed E-state index contributed by atoms with van der Waals surface area (Å²) in [5.41, 5.74) is 3.71. The fourth-order valence-corrected chi connectivity index (χ4v) is 2.28. The summed E-state index contributed by atoms with van der Waals surface area (Å²) in [6.45, 7) is 0.664. The third-order valence-corrected chi connectivity index (χ3v) is 3.40. The average molecular weight is 330 g/mol. The van der Waals surface area contributed by atoms with Crippen molar-refractivity contribution >= 4 is 32.7 Å². The van der Waals surface area contributed by atoms with E-state index in [0.717, 1.165) is 26.8 Å². The fourth-order valence-electron chi connectivity index (χ4n) is 1.96. The van der Waals surface area contributed by atoms with Crippen LogP contribution in [0, 0.1) is 0 Å². The van der Waals surface area contributed by atoms with E-state index in [0.29, 0.717) is 6.54 Å². The number of hydrogen-bond acceptors (Lipinski definition) is 4. The first-order chi connectivity index (χ1) is 9.72. The minimum absolute atomic E-state index is 0.273. The third-order valence-electron chi connectivity index (χ3n) is 2.96. The first-order valence-electron chi connectivity index (χ1n) is 6.14. The second-order valence-corrected chi connectivity index (χ2v) is 5.32. The second-order valence-electron chi connectivity index (χ2n) is 4.40. The second kappa shape index (κ2) is 5.46. The van der Waals surface area contributed by atoms with Gasteiger partial charge >= 0.3 is 0 Å². The molecule has 2 N–H and O–H groups in total. The van der Waals surface area contributed by atoms with Gasteiger partial charge in [0, 0.05) is 23.4 Å². The number of nitrogens with zero attached hydrogens (tertiary/aromatic N) is 2. The van der Waals surface area contributed by atoms with Crippen LogP contribution in [0.4, 0.5) is 5.69 Å². The summed E-state index contributed by atoms with van der Waals surface area (Å²) in [5, 5.41) is 12.6. The Morgan fingerprint density at radius 3 is 2.70 bits per heavy atom. The number of hydrogen-bond donors (Lipinski definition) is 2. The fraction of sp³-hybridized carbons (Fsp3) is 0.0667. The minimum atomic E-state index is 0.273. The van der Waals surface area contributed by atoms with Crippen molar-refractivity contribution in [1.29, 1.82) is 0 Å². The van der Waals surface area contributed by atoms with Crippen LogP contribution in [0.25, 0.3) is 11.0 Å². The number of aromatic nitrogens is 2. The van der Waals surface area contributed by atoms with Crippen LogP contribution in [0.1, 0.15) is 5.56 Å². The Kier molecular flexibility index (Phi) is 3.52. The number of nitrogens with one attached hydrogen (secondary N) is 1. The van der Waals surface area contributed by atoms with Crippen molar-refractivity contribution in [3.05, 3.63) is 58.8 Å². The SMILES string of the molecule is Oc1ccc(CNc2ccnc3cc(Br)cnc23)cc1. The lowest BCUT2D eigenvalue weighted by molar-refractivity contribution is 0.475. The molecule has 0 fully saturated rings. The molecule has 0 aliphatic rings. The van der Waals surface area contributed by atoms with E-state index < -0.39 is 0 Å². The first-order valence-corrected chi connectivity index (χ1v) is 6.94. The molecule has 4 nitrogen and oxygen atoms in total. The maximum atomic E-state index is 9.27. The molecule has 100 valence electrons. The van der Waals surface area contributed by atoms with Gasteiger partial charge in [-0.15, -0.1) is 0 Å². The molecule has 2 heterocycles. The molecule has 3 aromatic rings. The van der Waals surface area contributed by atoms with Gasteiger partial charge in [0.1, 0.15) is 11.3 Å². The molecule has 0 saturated heterocycles. The van der Waals surface area contributed by atoms with Crippen LogP contribution in [0.5, 0.6) is 5.75 Å². The van der Waals surface area contributed by atoms with E-state index >= 15 is 0 Å². The zero-order valence-corrected chi connectivity index (χ0v) is 12.1. The Morgan fingerprint density at radius 1 is 1.10 bits per heavy atom. The van der Waals surface area contributed by atoms with E-state index in [4.69, 9.17) is 0 Å². The van der Waals surface area contributed by atoms with Crippen LogP contribution in [0.3, 0.4) is 0 Å². The normalized spacial score (nSPS) is 10.7. The summed E-state index contributed by atoms with van der Waals surface area (Å²) in [4.78, 5) is 8.70. The molecule has 0 spiro atoms. The molecule has 1 aromatic carbocycles. The first kappa shape index (κ1) is 12.9. The maximum Gasteiger partial charge on any atom is 0.115 e. The van der Waals surface area contributed by atoms with Crippen LogP contribution >= 0.6 is 15.9 Å². The van der Waals surface area contributed by atoms with Gasteiger partial charge in [-0.1, -0.05) is 12.1 Å². The number of halogens is 1. The van der Waals surface area contributed by atoms with Crippen LogP contribution in [0.15, 0.2) is 53.3 Å². The highest BCUT2D eigenvalue weighted by molar-refractivity contribution is 9.10. The van der Waals surface area contributed by atoms with E-state index in [1.54, 1.807) is 24.5 Å². The third kappa shape index (κ3) is 2.72. The monoisotopic (exact) mass is 329 g/mol. The molecular weight excluding hydrogens is 318 g/mol. The summed E-state index contributed by atoms with van der Waals surface area (Å²) in [5.74, 6) is 0.273. The average Bonchev–Trinajstić information content (AvgIpc) is 2.46. The van der Waals surface area contributed by atoms with Crippen LogP contribution in [-0.4, -0.2) is 15.1 Å². The van der Waals surface area contributed by atoms with Gasteiger partial charge in [0.05, 0.1) is 11.2 Å². The molecule has 20 heavy (non-hydrogen) atoms. The summed E-state index contributed by atoms with van der Waals surface area (Å²) in [6, 6.07) is 11.0. The highest BCUT2D eigenvalue weighted by atomic mass is 79.9. The summed E-state index contributed by atoms with van der Waals surface area (Å²) < 4.78 is 0.910. The number of phenolic OH excluding ortho intramolecular Hbond substituents is 1. The predicted octanol–water partition coefficient (Wildman–Crippen LogP) is 3.71. The zero-order chi connectivity index (χ0) is 13.9. The molecule has 3 rings (SSSR count). The van der Waals surface area contributed by atoms with Crippen molar-refractivity contribution in [2.45, 2.75) is 6.54 Å². The van der Waals surface area contributed by atoms with Crippen LogP contribution in [0.2, 0.25) is 0 Å². The van der Waals surface area contributed by atoms with E-state index in [1.165, 1.54) is 0 Å². The number of aromatic hydroxyl groups is 1. The largest absolute Gasteiger partial charge is 0.508 e. The van der Waals surface area contributed by atoms with Gasteiger partial charge in [0.15, 0.2) is 0 Å². The summed E-state index contributed by atoms with van der Waals surface area (Å²) >= 11 is 3.39. The molecular formula is C15H12BrN3O. The van der Waals surface area contributed by atoms with E-state index in [1.807, 2.05) is 24.3 Å². The van der Waals surface area contributed by atoms with Gasteiger partial charge in [0.2, 0.25) is 0 Å². The number of fused-ring (bicyclic) bond motifs is 1. The summed E-state index contributed by atoms with van der Waals surface area (Å²) in [6.07, 6.45) is 3.52. The molecule has 0 atom stereocenters. The number of rotatable bonds is 3. The molecule has 0 saturated carbocycles. The Morgan fingerprint density at radius 2 is 1.90 bits per heavy atom. The van der Waals surface area contributed by atoms with Crippen molar-refractivity contribution < 1.29 is 5.11 Å². The van der Waals surface area contributed by atoms with Gasteiger partial charge in [0.25, 0.3) is 0 Å². The lowest BCUT2D eigenvalue weighted by Gasteiger charge is -2.09. The van der Waals surface area contributed by atoms with Gasteiger partial charge < -0.3 is 10.4 Å². The van der Waals surface area contributed by atoms with Crippen molar-refractivity contribution in [2.75, 3.05) is 5.32 Å². The standard InChI is InChI=1S/C15H12BrN3O/c16-11-7-14-15(19-9-11)13(5-6-17-14)18-8-10-1-3-12(20)4-2-10/h1-7,9,20H,8H2,(H,17,18). The molecule has 0 amide bonds. The van der Waals surface area contributed by atoms with Crippen LogP contribution < -0.4 is 5.32 Å². The Bertz CT molecular complexity index is 744. The van der Waals surface area contributed by atoms with Gasteiger partial charge in [-0.3, -0.25) is 9.97 Å². The molecule has 0 aliphatic carbocycles. The molecule has 2 aromatic heterocycles. The van der Waals surface area contributed by atoms with E-state index in [9.17, 15) is 5.11 Å². The Balaban J connectivity index is 1.85. The smallest absolute Gasteiger partial charge is 0.115 e. The molecule has 5 heteroatoms. The maximum absolute atomic E-state index is 9.27. The minimum Gasteiger partial charge on any atom is -0.508 e. The number of phenols is 1. The van der Waals surface area contributed by atoms with E-state index in [2.05, 4.69) is 31.2 Å². The van der Waals surface area contributed by atoms with Crippen molar-refractivity contribution in [3.63, 3.8) is 0 Å². The highest BCUT2D eigenvalue weighted by Gasteiger charge is 2.04. The molecule has 0 aliphatic heterocycles. The number of benzene rings is 1. The lowest BCUT2D eigenvalue weighted by Crippen LogP contribution is -2.01. The number of anilines is 1. The van der Waals surface area contributed by atoms with Gasteiger partial charge in [-0.2, -0.15) is 0 Å².